The molecule has 0 radical (unpaired) electrons. The Labute approximate surface area is 171 Å². The molecule has 3 heteroatoms. The van der Waals surface area contributed by atoms with Crippen LogP contribution in [-0.4, -0.2) is 23.9 Å². The molecule has 28 heavy (non-hydrogen) atoms. The van der Waals surface area contributed by atoms with Crippen LogP contribution in [0.3, 0.4) is 0 Å². The van der Waals surface area contributed by atoms with Gasteiger partial charge in [-0.05, 0) is 85.1 Å². The van der Waals surface area contributed by atoms with Gasteiger partial charge in [0, 0.05) is 5.41 Å². The number of hydrogen-bond donors (Lipinski definition) is 2. The summed E-state index contributed by atoms with van der Waals surface area (Å²) in [4.78, 5) is 0. The summed E-state index contributed by atoms with van der Waals surface area (Å²) in [6, 6.07) is 5.97. The first kappa shape index (κ1) is 20.0. The van der Waals surface area contributed by atoms with Crippen molar-refractivity contribution in [2.45, 2.75) is 89.5 Å². The van der Waals surface area contributed by atoms with E-state index in [9.17, 15) is 10.2 Å². The third kappa shape index (κ3) is 2.96. The summed E-state index contributed by atoms with van der Waals surface area (Å²) in [6.07, 6.45) is 6.33. The van der Waals surface area contributed by atoms with Gasteiger partial charge in [-0.25, -0.2) is 0 Å². The lowest BCUT2D eigenvalue weighted by Crippen LogP contribution is -2.50. The highest BCUT2D eigenvalue weighted by Gasteiger charge is 2.61. The van der Waals surface area contributed by atoms with E-state index < -0.39 is 13.7 Å². The number of rotatable bonds is 1. The van der Waals surface area contributed by atoms with E-state index >= 15 is 0 Å². The molecule has 2 nitrogen and oxygen atoms in total. The van der Waals surface area contributed by atoms with E-state index in [2.05, 4.69) is 51.4 Å². The lowest BCUT2D eigenvalue weighted by atomic mass is 9.53. The van der Waals surface area contributed by atoms with Gasteiger partial charge in [0.2, 0.25) is 0 Å². The third-order valence-corrected chi connectivity index (χ3v) is 12.6. The molecule has 4 rings (SSSR count). The largest absolute Gasteiger partial charge is 0.508 e. The van der Waals surface area contributed by atoms with Crippen LogP contribution in [0.5, 0.6) is 5.75 Å². The van der Waals surface area contributed by atoms with E-state index in [0.29, 0.717) is 29.0 Å². The minimum atomic E-state index is -1.62. The summed E-state index contributed by atoms with van der Waals surface area (Å²) in [7, 11) is -1.62. The summed E-state index contributed by atoms with van der Waals surface area (Å²) in [5.74, 6) is 5.64. The monoisotopic (exact) mass is 396 g/mol. The molecule has 0 unspecified atom stereocenters. The van der Waals surface area contributed by atoms with Crippen molar-refractivity contribution in [2.24, 2.45) is 17.3 Å². The molecular formula is C25H36O2Si. The molecule has 0 heterocycles. The quantitative estimate of drug-likeness (QED) is 0.476. The molecule has 1 aromatic rings. The Morgan fingerprint density at radius 1 is 1.14 bits per heavy atom. The average Bonchev–Trinajstić information content (AvgIpc) is 2.91. The molecule has 0 aliphatic heterocycles. The van der Waals surface area contributed by atoms with Crippen molar-refractivity contribution < 1.29 is 10.2 Å². The van der Waals surface area contributed by atoms with Crippen molar-refractivity contribution in [1.82, 2.24) is 0 Å². The predicted molar refractivity (Wildman–Crippen MR) is 118 cm³/mol. The van der Waals surface area contributed by atoms with E-state index in [0.717, 1.165) is 32.1 Å². The maximum Gasteiger partial charge on any atom is 0.135 e. The van der Waals surface area contributed by atoms with Crippen LogP contribution in [0.4, 0.5) is 0 Å². The van der Waals surface area contributed by atoms with Crippen molar-refractivity contribution in [3.05, 3.63) is 29.3 Å². The van der Waals surface area contributed by atoms with Gasteiger partial charge in [0.25, 0.3) is 0 Å². The molecule has 0 saturated heterocycles. The first-order valence-corrected chi connectivity index (χ1v) is 14.2. The lowest BCUT2D eigenvalue weighted by Gasteiger charge is -2.52. The molecule has 1 aromatic carbocycles. The van der Waals surface area contributed by atoms with Crippen molar-refractivity contribution in [3.63, 3.8) is 0 Å². The summed E-state index contributed by atoms with van der Waals surface area (Å²) in [5.41, 5.74) is 6.09. The smallest absolute Gasteiger partial charge is 0.135 e. The Morgan fingerprint density at radius 3 is 2.61 bits per heavy atom. The van der Waals surface area contributed by atoms with Gasteiger partial charge < -0.3 is 10.2 Å². The molecule has 0 spiro atoms. The number of phenols is 1. The van der Waals surface area contributed by atoms with E-state index in [-0.39, 0.29) is 5.41 Å². The molecule has 5 atom stereocenters. The van der Waals surface area contributed by atoms with Crippen molar-refractivity contribution >= 4 is 8.07 Å². The normalized spacial score (nSPS) is 36.9. The number of hydrogen-bond acceptors (Lipinski definition) is 2. The summed E-state index contributed by atoms with van der Waals surface area (Å²) in [5, 5.41) is 21.6. The van der Waals surface area contributed by atoms with Crippen molar-refractivity contribution in [3.8, 4) is 17.2 Å². The highest BCUT2D eigenvalue weighted by molar-refractivity contribution is 6.86. The fourth-order valence-electron chi connectivity index (χ4n) is 6.20. The number of phenolic OH excluding ortho intramolecular Hbond substituents is 1. The highest BCUT2D eigenvalue weighted by Crippen LogP contribution is 2.64. The zero-order valence-electron chi connectivity index (χ0n) is 18.2. The summed E-state index contributed by atoms with van der Waals surface area (Å²) >= 11 is 0. The fraction of sp³-hybridized carbons (Fsp3) is 0.680. The maximum absolute atomic E-state index is 11.7. The lowest BCUT2D eigenvalue weighted by molar-refractivity contribution is -0.0647. The van der Waals surface area contributed by atoms with Crippen molar-refractivity contribution in [2.75, 3.05) is 0 Å². The molecular weight excluding hydrogens is 360 g/mol. The Morgan fingerprint density at radius 2 is 1.89 bits per heavy atom. The Balaban J connectivity index is 1.64. The van der Waals surface area contributed by atoms with Gasteiger partial charge >= 0.3 is 0 Å². The molecule has 152 valence electrons. The standard InChI is InChI=1S/C25H36O2Si/c1-17(2)28(4,5)15-14-25(27)13-11-23-22-8-6-18-16-19(26)7-9-20(18)21(22)10-12-24(23,25)3/h7,9,16-17,21-23,26-27H,6,8,10-13H2,1-5H3/t21-,22-,23+,24+,25-/m1/s1. The third-order valence-electron chi connectivity index (χ3n) is 8.90. The van der Waals surface area contributed by atoms with Gasteiger partial charge in [0.15, 0.2) is 0 Å². The Kier molecular flexibility index (Phi) is 4.75. The topological polar surface area (TPSA) is 40.5 Å². The second-order valence-electron chi connectivity index (χ2n) is 10.8. The van der Waals surface area contributed by atoms with Crippen LogP contribution >= 0.6 is 0 Å². The number of benzene rings is 1. The van der Waals surface area contributed by atoms with Crippen LogP contribution < -0.4 is 0 Å². The zero-order valence-corrected chi connectivity index (χ0v) is 19.2. The minimum absolute atomic E-state index is 0.0863. The summed E-state index contributed by atoms with van der Waals surface area (Å²) in [6.45, 7) is 11.5. The van der Waals surface area contributed by atoms with Crippen LogP contribution in [0.25, 0.3) is 0 Å². The van der Waals surface area contributed by atoms with E-state index in [1.165, 1.54) is 17.5 Å². The van der Waals surface area contributed by atoms with E-state index in [4.69, 9.17) is 0 Å². The van der Waals surface area contributed by atoms with Crippen LogP contribution in [0, 0.1) is 28.7 Å². The molecule has 0 amide bonds. The van der Waals surface area contributed by atoms with Gasteiger partial charge in [0.1, 0.15) is 19.4 Å². The molecule has 2 saturated carbocycles. The number of aliphatic hydroxyl groups is 1. The van der Waals surface area contributed by atoms with Crippen LogP contribution in [0.15, 0.2) is 18.2 Å². The average molecular weight is 397 g/mol. The number of aromatic hydroxyl groups is 1. The van der Waals surface area contributed by atoms with Crippen molar-refractivity contribution in [1.29, 1.82) is 0 Å². The van der Waals surface area contributed by atoms with Crippen LogP contribution in [0.2, 0.25) is 18.6 Å². The van der Waals surface area contributed by atoms with Crippen LogP contribution in [0.1, 0.15) is 69.9 Å². The van der Waals surface area contributed by atoms with Gasteiger partial charge in [-0.3, -0.25) is 0 Å². The molecule has 2 N–H and O–H groups in total. The first-order chi connectivity index (χ1) is 13.1. The zero-order chi connectivity index (χ0) is 20.3. The second kappa shape index (κ2) is 6.64. The molecule has 3 aliphatic rings. The van der Waals surface area contributed by atoms with Gasteiger partial charge in [-0.1, -0.05) is 45.9 Å². The SMILES string of the molecule is CC(C)[Si](C)(C)C#C[C@]1(O)CC[C@H]2[C@@H]3CCc4cc(O)ccc4[C@H]3CC[C@@]21C. The van der Waals surface area contributed by atoms with E-state index in [1.807, 2.05) is 12.1 Å². The van der Waals surface area contributed by atoms with Gasteiger partial charge in [-0.15, -0.1) is 5.54 Å². The number of fused-ring (bicyclic) bond motifs is 5. The van der Waals surface area contributed by atoms with Gasteiger partial charge in [-0.2, -0.15) is 0 Å². The fourth-order valence-corrected chi connectivity index (χ4v) is 7.02. The molecule has 0 aromatic heterocycles. The molecule has 2 fully saturated rings. The Bertz CT molecular complexity index is 833. The summed E-state index contributed by atoms with van der Waals surface area (Å²) < 4.78 is 0. The van der Waals surface area contributed by atoms with Crippen LogP contribution in [-0.2, 0) is 6.42 Å². The Hall–Kier alpha value is -1.24. The first-order valence-electron chi connectivity index (χ1n) is 11.2. The molecule has 3 aliphatic carbocycles. The predicted octanol–water partition coefficient (Wildman–Crippen LogP) is 5.64. The second-order valence-corrected chi connectivity index (χ2v) is 15.6. The minimum Gasteiger partial charge on any atom is -0.508 e. The van der Waals surface area contributed by atoms with E-state index in [1.54, 1.807) is 0 Å². The molecule has 0 bridgehead atoms. The van der Waals surface area contributed by atoms with Gasteiger partial charge in [0.05, 0.1) is 0 Å². The number of aryl methyl sites for hydroxylation is 1. The highest BCUT2D eigenvalue weighted by atomic mass is 28.3. The maximum atomic E-state index is 11.7.